The number of nitrogens with one attached hydrogen (secondary N) is 1. The smallest absolute Gasteiger partial charge is 0.420 e. The van der Waals surface area contributed by atoms with Crippen LogP contribution < -0.4 is 20.5 Å². The predicted octanol–water partition coefficient (Wildman–Crippen LogP) is 2.82. The number of benzene rings is 2. The van der Waals surface area contributed by atoms with Crippen molar-refractivity contribution in [1.82, 2.24) is 4.57 Å². The molecule has 27 heavy (non-hydrogen) atoms. The quantitative estimate of drug-likeness (QED) is 0.690. The number of hydrogen-bond acceptors (Lipinski definition) is 6. The van der Waals surface area contributed by atoms with Gasteiger partial charge in [-0.1, -0.05) is 11.6 Å². The van der Waals surface area contributed by atoms with Crippen molar-refractivity contribution in [2.45, 2.75) is 13.5 Å². The van der Waals surface area contributed by atoms with Gasteiger partial charge in [-0.2, -0.15) is 0 Å². The number of amides is 1. The van der Waals surface area contributed by atoms with Gasteiger partial charge in [-0.05, 0) is 25.1 Å². The molecule has 0 aliphatic carbocycles. The van der Waals surface area contributed by atoms with Crippen LogP contribution >= 0.6 is 11.6 Å². The Kier molecular flexibility index (Phi) is 4.12. The second-order valence-electron chi connectivity index (χ2n) is 5.92. The molecule has 0 saturated heterocycles. The van der Waals surface area contributed by atoms with Gasteiger partial charge in [-0.15, -0.1) is 0 Å². The molecule has 0 fully saturated rings. The van der Waals surface area contributed by atoms with Gasteiger partial charge >= 0.3 is 5.76 Å². The highest BCUT2D eigenvalue weighted by atomic mass is 35.5. The molecule has 1 aliphatic heterocycles. The molecular weight excluding hydrogens is 376 g/mol. The first kappa shape index (κ1) is 17.2. The number of carbonyl (C=O) groups is 2. The molecule has 1 aliphatic rings. The van der Waals surface area contributed by atoms with E-state index in [4.69, 9.17) is 25.5 Å². The molecule has 1 aromatic heterocycles. The maximum Gasteiger partial charge on any atom is 0.420 e. The molecule has 0 spiro atoms. The summed E-state index contributed by atoms with van der Waals surface area (Å²) in [5.74, 6) is -0.567. The van der Waals surface area contributed by atoms with Crippen molar-refractivity contribution in [3.8, 4) is 11.5 Å². The lowest BCUT2D eigenvalue weighted by atomic mass is 10.1. The fraction of sp³-hybridized carbons (Fsp3) is 0.167. The highest BCUT2D eigenvalue weighted by Crippen LogP contribution is 2.37. The number of fused-ring (bicyclic) bond motifs is 2. The Morgan fingerprint density at radius 3 is 2.67 bits per heavy atom. The summed E-state index contributed by atoms with van der Waals surface area (Å²) in [6.07, 6.45) is 0. The first-order valence-corrected chi connectivity index (χ1v) is 8.33. The van der Waals surface area contributed by atoms with Crippen LogP contribution in [-0.2, 0) is 11.3 Å². The van der Waals surface area contributed by atoms with Gasteiger partial charge < -0.3 is 19.2 Å². The van der Waals surface area contributed by atoms with Crippen LogP contribution in [0.4, 0.5) is 5.69 Å². The Morgan fingerprint density at radius 2 is 1.93 bits per heavy atom. The summed E-state index contributed by atoms with van der Waals surface area (Å²) in [5.41, 5.74) is 1.29. The molecule has 138 valence electrons. The van der Waals surface area contributed by atoms with E-state index in [2.05, 4.69) is 5.32 Å². The van der Waals surface area contributed by atoms with E-state index in [1.807, 2.05) is 0 Å². The van der Waals surface area contributed by atoms with Gasteiger partial charge in [0.1, 0.15) is 6.54 Å². The number of halogens is 1. The summed E-state index contributed by atoms with van der Waals surface area (Å²) in [4.78, 5) is 36.4. The lowest BCUT2D eigenvalue weighted by Crippen LogP contribution is -2.25. The highest BCUT2D eigenvalue weighted by molar-refractivity contribution is 6.31. The van der Waals surface area contributed by atoms with Gasteiger partial charge in [-0.3, -0.25) is 14.2 Å². The van der Waals surface area contributed by atoms with Crippen LogP contribution in [0.1, 0.15) is 17.3 Å². The minimum absolute atomic E-state index is 0.0447. The number of Topliss-reactive ketones (excluding diaryl/α,β-unsaturated/α-hetero) is 1. The largest absolute Gasteiger partial charge is 0.454 e. The van der Waals surface area contributed by atoms with Crippen molar-refractivity contribution in [2.75, 3.05) is 12.1 Å². The lowest BCUT2D eigenvalue weighted by molar-refractivity contribution is -0.116. The third kappa shape index (κ3) is 3.15. The average Bonchev–Trinajstić information content (AvgIpc) is 3.17. The zero-order valence-electron chi connectivity index (χ0n) is 14.1. The Labute approximate surface area is 157 Å². The van der Waals surface area contributed by atoms with E-state index >= 15 is 0 Å². The minimum atomic E-state index is -0.681. The molecule has 1 N–H and O–H groups in total. The Balaban J connectivity index is 1.63. The van der Waals surface area contributed by atoms with Crippen molar-refractivity contribution < 1.29 is 23.5 Å². The van der Waals surface area contributed by atoms with Crippen LogP contribution in [0.3, 0.4) is 0 Å². The first-order valence-electron chi connectivity index (χ1n) is 7.95. The van der Waals surface area contributed by atoms with Crippen molar-refractivity contribution >= 4 is 40.1 Å². The maximum atomic E-state index is 12.5. The standard InChI is InChI=1S/C18H13ClN2O6/c1-9(22)11-5-15-16(26-8-25-15)6-12(11)20-17(23)7-21-13-3-2-10(19)4-14(13)27-18(21)24/h2-6H,7-8H2,1H3,(H,20,23). The monoisotopic (exact) mass is 388 g/mol. The molecule has 0 unspecified atom stereocenters. The van der Waals surface area contributed by atoms with Crippen LogP contribution in [0.2, 0.25) is 5.02 Å². The van der Waals surface area contributed by atoms with Crippen LogP contribution in [0.15, 0.2) is 39.5 Å². The summed E-state index contributed by atoms with van der Waals surface area (Å²) >= 11 is 5.88. The summed E-state index contributed by atoms with van der Waals surface area (Å²) < 4.78 is 16.8. The van der Waals surface area contributed by atoms with Gasteiger partial charge in [0.05, 0.1) is 11.2 Å². The van der Waals surface area contributed by atoms with Crippen molar-refractivity contribution in [3.63, 3.8) is 0 Å². The number of rotatable bonds is 4. The van der Waals surface area contributed by atoms with Crippen LogP contribution in [0.5, 0.6) is 11.5 Å². The molecule has 2 heterocycles. The molecule has 0 atom stereocenters. The van der Waals surface area contributed by atoms with Gasteiger partial charge in [0.25, 0.3) is 0 Å². The molecule has 2 aromatic carbocycles. The number of aromatic nitrogens is 1. The topological polar surface area (TPSA) is 99.8 Å². The summed E-state index contributed by atoms with van der Waals surface area (Å²) in [6, 6.07) is 7.73. The van der Waals surface area contributed by atoms with E-state index in [0.29, 0.717) is 22.0 Å². The molecular formula is C18H13ClN2O6. The van der Waals surface area contributed by atoms with Crippen LogP contribution in [-0.4, -0.2) is 23.1 Å². The number of carbonyl (C=O) groups excluding carboxylic acids is 2. The van der Waals surface area contributed by atoms with E-state index in [1.165, 1.54) is 29.7 Å². The van der Waals surface area contributed by atoms with Gasteiger partial charge in [0, 0.05) is 22.7 Å². The van der Waals surface area contributed by atoms with Crippen LogP contribution in [0.25, 0.3) is 11.1 Å². The van der Waals surface area contributed by atoms with Crippen molar-refractivity contribution in [1.29, 1.82) is 0 Å². The van der Waals surface area contributed by atoms with E-state index in [1.54, 1.807) is 12.1 Å². The molecule has 4 rings (SSSR count). The maximum absolute atomic E-state index is 12.5. The van der Waals surface area contributed by atoms with Gasteiger partial charge in [-0.25, -0.2) is 4.79 Å². The normalized spacial score (nSPS) is 12.4. The molecule has 3 aromatic rings. The fourth-order valence-electron chi connectivity index (χ4n) is 2.86. The minimum Gasteiger partial charge on any atom is -0.454 e. The number of ketones is 1. The van der Waals surface area contributed by atoms with E-state index < -0.39 is 11.7 Å². The van der Waals surface area contributed by atoms with E-state index in [-0.39, 0.29) is 36.0 Å². The molecule has 8 nitrogen and oxygen atoms in total. The second-order valence-corrected chi connectivity index (χ2v) is 6.36. The number of nitrogens with zero attached hydrogens (tertiary/aromatic N) is 1. The highest BCUT2D eigenvalue weighted by Gasteiger charge is 2.21. The van der Waals surface area contributed by atoms with Gasteiger partial charge in [0.2, 0.25) is 12.7 Å². The number of hydrogen-bond donors (Lipinski definition) is 1. The molecule has 0 radical (unpaired) electrons. The zero-order valence-corrected chi connectivity index (χ0v) is 14.8. The van der Waals surface area contributed by atoms with Crippen molar-refractivity contribution in [3.05, 3.63) is 51.5 Å². The summed E-state index contributed by atoms with van der Waals surface area (Å²) in [5, 5.41) is 3.06. The van der Waals surface area contributed by atoms with E-state index in [0.717, 1.165) is 0 Å². The Morgan fingerprint density at radius 1 is 1.19 bits per heavy atom. The summed E-state index contributed by atoms with van der Waals surface area (Å²) in [6.45, 7) is 1.13. The first-order chi connectivity index (χ1) is 12.9. The fourth-order valence-corrected chi connectivity index (χ4v) is 3.02. The Hall–Kier alpha value is -3.26. The average molecular weight is 389 g/mol. The van der Waals surface area contributed by atoms with E-state index in [9.17, 15) is 14.4 Å². The SMILES string of the molecule is CC(=O)c1cc2c(cc1NC(=O)Cn1c(=O)oc3cc(Cl)ccc31)OCO2. The van der Waals surface area contributed by atoms with Crippen LogP contribution in [0, 0.1) is 0 Å². The number of anilines is 1. The van der Waals surface area contributed by atoms with Gasteiger partial charge in [0.15, 0.2) is 22.9 Å². The molecule has 0 saturated carbocycles. The summed E-state index contributed by atoms with van der Waals surface area (Å²) in [7, 11) is 0. The number of oxazole rings is 1. The molecule has 1 amide bonds. The lowest BCUT2D eigenvalue weighted by Gasteiger charge is -2.11. The molecule has 9 heteroatoms. The third-order valence-electron chi connectivity index (χ3n) is 4.10. The Bertz CT molecular complexity index is 1150. The molecule has 0 bridgehead atoms. The van der Waals surface area contributed by atoms with Crippen molar-refractivity contribution in [2.24, 2.45) is 0 Å². The second kappa shape index (κ2) is 6.48. The predicted molar refractivity (Wildman–Crippen MR) is 96.7 cm³/mol. The zero-order chi connectivity index (χ0) is 19.1. The number of ether oxygens (including phenoxy) is 2. The third-order valence-corrected chi connectivity index (χ3v) is 4.33.